The molecule has 0 saturated carbocycles. The van der Waals surface area contributed by atoms with Crippen LogP contribution in [0.4, 0.5) is 5.69 Å². The molecule has 3 atom stereocenters. The maximum absolute atomic E-state index is 13.1. The summed E-state index contributed by atoms with van der Waals surface area (Å²) in [6, 6.07) is 13.8. The Morgan fingerprint density at radius 1 is 1.00 bits per heavy atom. The molecule has 140 valence electrons. The maximum atomic E-state index is 13.1. The highest BCUT2D eigenvalue weighted by atomic mass is 35.5. The molecule has 2 saturated heterocycles. The summed E-state index contributed by atoms with van der Waals surface area (Å²) in [5, 5.41) is 2.56. The van der Waals surface area contributed by atoms with E-state index in [-0.39, 0.29) is 17.9 Å². The molecule has 5 nitrogen and oxygen atoms in total. The lowest BCUT2D eigenvalue weighted by Crippen LogP contribution is -2.41. The Morgan fingerprint density at radius 2 is 1.70 bits per heavy atom. The number of para-hydroxylation sites is 1. The van der Waals surface area contributed by atoms with Gasteiger partial charge >= 0.3 is 0 Å². The average Bonchev–Trinajstić information content (AvgIpc) is 3.12. The fraction of sp³-hybridized carbons (Fsp3) is 0.300. The molecule has 0 aliphatic carbocycles. The zero-order valence-corrected chi connectivity index (χ0v) is 16.3. The normalized spacial score (nSPS) is 24.9. The van der Waals surface area contributed by atoms with Crippen molar-refractivity contribution in [3.8, 4) is 0 Å². The van der Waals surface area contributed by atoms with Crippen LogP contribution in [0.1, 0.15) is 25.5 Å². The molecule has 0 N–H and O–H groups in total. The summed E-state index contributed by atoms with van der Waals surface area (Å²) in [5.41, 5.74) is 1.45. The molecular weight excluding hydrogens is 387 g/mol. The molecule has 7 heteroatoms. The number of benzene rings is 2. The fourth-order valence-corrected chi connectivity index (χ4v) is 4.32. The van der Waals surface area contributed by atoms with Crippen molar-refractivity contribution in [2.45, 2.75) is 32.0 Å². The van der Waals surface area contributed by atoms with Crippen LogP contribution in [0, 0.1) is 5.92 Å². The lowest BCUT2D eigenvalue weighted by atomic mass is 9.90. The van der Waals surface area contributed by atoms with Crippen LogP contribution in [-0.4, -0.2) is 28.9 Å². The fourth-order valence-electron chi connectivity index (χ4n) is 3.80. The van der Waals surface area contributed by atoms with Crippen molar-refractivity contribution in [2.75, 3.05) is 5.06 Å². The first-order chi connectivity index (χ1) is 12.9. The molecule has 2 aromatic carbocycles. The highest BCUT2D eigenvalue weighted by molar-refractivity contribution is 6.35. The number of amides is 2. The van der Waals surface area contributed by atoms with Crippen LogP contribution in [0.5, 0.6) is 0 Å². The molecule has 0 radical (unpaired) electrons. The number of imide groups is 1. The van der Waals surface area contributed by atoms with Gasteiger partial charge in [-0.2, -0.15) is 0 Å². The summed E-state index contributed by atoms with van der Waals surface area (Å²) >= 11 is 12.5. The largest absolute Gasteiger partial charge is 0.277 e. The lowest BCUT2D eigenvalue weighted by molar-refractivity contribution is -0.145. The molecule has 0 aromatic heterocycles. The number of anilines is 1. The maximum Gasteiger partial charge on any atom is 0.262 e. The van der Waals surface area contributed by atoms with E-state index in [1.807, 2.05) is 44.2 Å². The van der Waals surface area contributed by atoms with Gasteiger partial charge in [-0.05, 0) is 43.7 Å². The van der Waals surface area contributed by atoms with E-state index in [0.717, 1.165) is 5.69 Å². The minimum absolute atomic E-state index is 0.231. The SMILES string of the molecule is CC(C)N1C(=O)[C@H]2[C@@H](ON(c3ccccc3)[C@H]2c2ccc(Cl)cc2Cl)C1=O. The summed E-state index contributed by atoms with van der Waals surface area (Å²) in [5.74, 6) is -1.22. The van der Waals surface area contributed by atoms with E-state index in [0.29, 0.717) is 15.6 Å². The quantitative estimate of drug-likeness (QED) is 0.717. The lowest BCUT2D eigenvalue weighted by Gasteiger charge is -2.30. The van der Waals surface area contributed by atoms with Crippen LogP contribution < -0.4 is 5.06 Å². The summed E-state index contributed by atoms with van der Waals surface area (Å²) in [6.45, 7) is 3.63. The van der Waals surface area contributed by atoms with E-state index in [2.05, 4.69) is 0 Å². The van der Waals surface area contributed by atoms with E-state index >= 15 is 0 Å². The van der Waals surface area contributed by atoms with Crippen molar-refractivity contribution in [3.63, 3.8) is 0 Å². The predicted octanol–water partition coefficient (Wildman–Crippen LogP) is 4.25. The molecule has 2 aliphatic heterocycles. The first-order valence-corrected chi connectivity index (χ1v) is 9.48. The Kier molecular flexibility index (Phi) is 4.62. The third-order valence-electron chi connectivity index (χ3n) is 4.96. The topological polar surface area (TPSA) is 49.9 Å². The second-order valence-corrected chi connectivity index (χ2v) is 7.81. The van der Waals surface area contributed by atoms with Gasteiger partial charge in [0.1, 0.15) is 5.92 Å². The predicted molar refractivity (Wildman–Crippen MR) is 103 cm³/mol. The van der Waals surface area contributed by atoms with E-state index in [1.165, 1.54) is 4.90 Å². The van der Waals surface area contributed by atoms with Crippen molar-refractivity contribution in [1.29, 1.82) is 0 Å². The van der Waals surface area contributed by atoms with Gasteiger partial charge in [0.05, 0.1) is 11.7 Å². The standard InChI is InChI=1S/C20H18Cl2N2O3/c1-11(2)23-19(25)16-17(14-9-8-12(21)10-15(14)22)24(27-18(16)20(23)26)13-6-4-3-5-7-13/h3-11,16-18H,1-2H3/t16-,17+,18-/m1/s1. The second kappa shape index (κ2) is 6.82. The number of halogens is 2. The highest BCUT2D eigenvalue weighted by Crippen LogP contribution is 2.48. The molecule has 2 aromatic rings. The van der Waals surface area contributed by atoms with Crippen molar-refractivity contribution >= 4 is 40.7 Å². The number of hydroxylamine groups is 1. The molecule has 2 aliphatic rings. The van der Waals surface area contributed by atoms with E-state index in [1.54, 1.807) is 23.3 Å². The van der Waals surface area contributed by atoms with Crippen molar-refractivity contribution in [1.82, 2.24) is 4.90 Å². The number of nitrogens with zero attached hydrogens (tertiary/aromatic N) is 2. The van der Waals surface area contributed by atoms with Gasteiger partial charge in [0.25, 0.3) is 5.91 Å². The Morgan fingerprint density at radius 3 is 2.33 bits per heavy atom. The number of hydrogen-bond donors (Lipinski definition) is 0. The van der Waals surface area contributed by atoms with Crippen molar-refractivity contribution in [2.24, 2.45) is 5.92 Å². The summed E-state index contributed by atoms with van der Waals surface area (Å²) in [4.78, 5) is 33.2. The number of hydrogen-bond acceptors (Lipinski definition) is 4. The summed E-state index contributed by atoms with van der Waals surface area (Å²) in [7, 11) is 0. The van der Waals surface area contributed by atoms with Gasteiger partial charge in [0.2, 0.25) is 5.91 Å². The van der Waals surface area contributed by atoms with Crippen LogP contribution in [0.2, 0.25) is 10.0 Å². The van der Waals surface area contributed by atoms with Crippen LogP contribution in [0.3, 0.4) is 0 Å². The van der Waals surface area contributed by atoms with Crippen molar-refractivity contribution in [3.05, 3.63) is 64.1 Å². The molecule has 4 rings (SSSR count). The van der Waals surface area contributed by atoms with Crippen LogP contribution in [-0.2, 0) is 14.4 Å². The molecule has 0 unspecified atom stereocenters. The van der Waals surface area contributed by atoms with Gasteiger partial charge < -0.3 is 0 Å². The van der Waals surface area contributed by atoms with E-state index in [4.69, 9.17) is 28.0 Å². The number of fused-ring (bicyclic) bond motifs is 1. The van der Waals surface area contributed by atoms with E-state index in [9.17, 15) is 9.59 Å². The monoisotopic (exact) mass is 404 g/mol. The first-order valence-electron chi connectivity index (χ1n) is 8.73. The number of carbonyl (C=O) groups excluding carboxylic acids is 2. The van der Waals surface area contributed by atoms with Gasteiger partial charge in [-0.1, -0.05) is 47.5 Å². The van der Waals surface area contributed by atoms with Gasteiger partial charge in [0.15, 0.2) is 6.10 Å². The summed E-state index contributed by atoms with van der Waals surface area (Å²) in [6.07, 6.45) is -0.864. The van der Waals surface area contributed by atoms with E-state index < -0.39 is 18.1 Å². The number of rotatable bonds is 3. The van der Waals surface area contributed by atoms with Gasteiger partial charge in [-0.3, -0.25) is 19.3 Å². The van der Waals surface area contributed by atoms with Crippen molar-refractivity contribution < 1.29 is 14.4 Å². The zero-order chi connectivity index (χ0) is 19.3. The molecule has 27 heavy (non-hydrogen) atoms. The smallest absolute Gasteiger partial charge is 0.262 e. The minimum atomic E-state index is -0.864. The minimum Gasteiger partial charge on any atom is -0.277 e. The number of carbonyl (C=O) groups is 2. The average molecular weight is 405 g/mol. The summed E-state index contributed by atoms with van der Waals surface area (Å²) < 4.78 is 0. The van der Waals surface area contributed by atoms with Crippen LogP contribution >= 0.6 is 23.2 Å². The van der Waals surface area contributed by atoms with Gasteiger partial charge in [-0.15, -0.1) is 0 Å². The molecule has 0 bridgehead atoms. The first kappa shape index (κ1) is 18.3. The highest BCUT2D eigenvalue weighted by Gasteiger charge is 2.60. The molecular formula is C20H18Cl2N2O3. The molecule has 2 amide bonds. The Hall–Kier alpha value is -2.08. The number of likely N-dealkylation sites (tertiary alicyclic amines) is 1. The molecule has 2 heterocycles. The molecule has 0 spiro atoms. The Balaban J connectivity index is 1.84. The van der Waals surface area contributed by atoms with Crippen LogP contribution in [0.15, 0.2) is 48.5 Å². The Bertz CT molecular complexity index is 903. The molecule has 2 fully saturated rings. The van der Waals surface area contributed by atoms with Gasteiger partial charge in [-0.25, -0.2) is 5.06 Å². The Labute approximate surface area is 167 Å². The zero-order valence-electron chi connectivity index (χ0n) is 14.8. The third kappa shape index (κ3) is 2.90. The van der Waals surface area contributed by atoms with Crippen LogP contribution in [0.25, 0.3) is 0 Å². The second-order valence-electron chi connectivity index (χ2n) is 6.96. The third-order valence-corrected chi connectivity index (χ3v) is 5.52. The van der Waals surface area contributed by atoms with Gasteiger partial charge in [0, 0.05) is 16.1 Å².